The van der Waals surface area contributed by atoms with Gasteiger partial charge < -0.3 is 4.90 Å². The van der Waals surface area contributed by atoms with Crippen molar-refractivity contribution < 1.29 is 4.79 Å². The van der Waals surface area contributed by atoms with Crippen molar-refractivity contribution in [2.45, 2.75) is 13.5 Å². The Bertz CT molecular complexity index is 633. The molecule has 0 saturated carbocycles. The van der Waals surface area contributed by atoms with Crippen LogP contribution >= 0.6 is 0 Å². The molecular weight excluding hydrogens is 230 g/mol. The molecule has 0 unspecified atom stereocenters. The van der Waals surface area contributed by atoms with Gasteiger partial charge in [-0.05, 0) is 19.1 Å². The van der Waals surface area contributed by atoms with Gasteiger partial charge in [-0.1, -0.05) is 12.1 Å². The highest BCUT2D eigenvalue weighted by atomic mass is 16.2. The lowest BCUT2D eigenvalue weighted by atomic mass is 10.2. The Kier molecular flexibility index (Phi) is 3.41. The topological polar surface area (TPSA) is 55.2 Å². The highest BCUT2D eigenvalue weighted by Crippen LogP contribution is 2.07. The zero-order valence-electron chi connectivity index (χ0n) is 10.5. The minimum atomic E-state index is -0.127. The number of hydrogen-bond acceptors (Lipinski definition) is 3. The van der Waals surface area contributed by atoms with Crippen molar-refractivity contribution in [3.05, 3.63) is 40.7 Å². The van der Waals surface area contributed by atoms with Gasteiger partial charge >= 0.3 is 0 Å². The number of benzene rings is 1. The molecule has 18 heavy (non-hydrogen) atoms. The van der Waals surface area contributed by atoms with Crippen molar-refractivity contribution in [3.63, 3.8) is 0 Å². The molecule has 0 fully saturated rings. The lowest BCUT2D eigenvalue weighted by Gasteiger charge is -2.16. The largest absolute Gasteiger partial charge is 0.344 e. The predicted octanol–water partition coefficient (Wildman–Crippen LogP) is 0.875. The lowest BCUT2D eigenvalue weighted by Crippen LogP contribution is -2.31. The zero-order valence-corrected chi connectivity index (χ0v) is 10.5. The molecule has 0 radical (unpaired) electrons. The summed E-state index contributed by atoms with van der Waals surface area (Å²) < 4.78 is 1.56. The summed E-state index contributed by atoms with van der Waals surface area (Å²) in [7, 11) is 1.74. The molecule has 0 N–H and O–H groups in total. The predicted molar refractivity (Wildman–Crippen MR) is 69.3 cm³/mol. The van der Waals surface area contributed by atoms with Crippen LogP contribution in [0.1, 0.15) is 6.92 Å². The Balaban J connectivity index is 2.43. The van der Waals surface area contributed by atoms with Gasteiger partial charge in [0.15, 0.2) is 0 Å². The van der Waals surface area contributed by atoms with Crippen LogP contribution in [0.3, 0.4) is 0 Å². The molecule has 1 aromatic heterocycles. The maximum Gasteiger partial charge on any atom is 0.244 e. The molecule has 0 aliphatic heterocycles. The molecule has 0 bridgehead atoms. The van der Waals surface area contributed by atoms with E-state index in [1.807, 2.05) is 13.0 Å². The van der Waals surface area contributed by atoms with Crippen LogP contribution < -0.4 is 5.43 Å². The SMILES string of the molecule is CCN(C)C(=O)Cn1ncc(=O)c2ccccc21. The van der Waals surface area contributed by atoms with E-state index in [-0.39, 0.29) is 17.9 Å². The first-order chi connectivity index (χ1) is 8.63. The summed E-state index contributed by atoms with van der Waals surface area (Å²) in [5.41, 5.74) is 0.556. The Hall–Kier alpha value is -2.17. The van der Waals surface area contributed by atoms with Gasteiger partial charge in [-0.3, -0.25) is 14.3 Å². The third kappa shape index (κ3) is 2.25. The number of aromatic nitrogens is 2. The van der Waals surface area contributed by atoms with Gasteiger partial charge in [-0.2, -0.15) is 5.10 Å². The molecule has 94 valence electrons. The van der Waals surface area contributed by atoms with Crippen molar-refractivity contribution in [1.29, 1.82) is 0 Å². The van der Waals surface area contributed by atoms with E-state index in [1.54, 1.807) is 34.8 Å². The van der Waals surface area contributed by atoms with E-state index < -0.39 is 0 Å². The summed E-state index contributed by atoms with van der Waals surface area (Å²) in [5.74, 6) is -0.0289. The van der Waals surface area contributed by atoms with Crippen LogP contribution in [0.5, 0.6) is 0 Å². The summed E-state index contributed by atoms with van der Waals surface area (Å²) in [6.45, 7) is 2.71. The van der Waals surface area contributed by atoms with Crippen LogP contribution in [0.15, 0.2) is 35.3 Å². The number of carbonyl (C=O) groups is 1. The standard InChI is InChI=1S/C13H15N3O2/c1-3-15(2)13(18)9-16-11-7-5-4-6-10(11)12(17)8-14-16/h4-8H,3,9H2,1-2H3. The normalized spacial score (nSPS) is 10.6. The van der Waals surface area contributed by atoms with E-state index in [1.165, 1.54) is 6.20 Å². The molecule has 1 heterocycles. The third-order valence-corrected chi connectivity index (χ3v) is 2.95. The maximum absolute atomic E-state index is 11.9. The lowest BCUT2D eigenvalue weighted by molar-refractivity contribution is -0.130. The molecule has 1 aromatic carbocycles. The number of fused-ring (bicyclic) bond motifs is 1. The molecule has 0 spiro atoms. The maximum atomic E-state index is 11.9. The fourth-order valence-electron chi connectivity index (χ4n) is 1.71. The highest BCUT2D eigenvalue weighted by molar-refractivity contribution is 5.81. The number of rotatable bonds is 3. The van der Waals surface area contributed by atoms with Crippen molar-refractivity contribution in [2.24, 2.45) is 0 Å². The monoisotopic (exact) mass is 245 g/mol. The van der Waals surface area contributed by atoms with Crippen molar-refractivity contribution >= 4 is 16.8 Å². The molecular formula is C13H15N3O2. The first-order valence-electron chi connectivity index (χ1n) is 5.82. The van der Waals surface area contributed by atoms with Crippen molar-refractivity contribution in [1.82, 2.24) is 14.7 Å². The first kappa shape index (κ1) is 12.3. The zero-order chi connectivity index (χ0) is 13.1. The van der Waals surface area contributed by atoms with Crippen LogP contribution in [-0.4, -0.2) is 34.2 Å². The molecule has 5 nitrogen and oxygen atoms in total. The fraction of sp³-hybridized carbons (Fsp3) is 0.308. The van der Waals surface area contributed by atoms with Crippen LogP contribution in [0.25, 0.3) is 10.9 Å². The molecule has 0 aliphatic carbocycles. The van der Waals surface area contributed by atoms with Crippen molar-refractivity contribution in [3.8, 4) is 0 Å². The number of nitrogens with zero attached hydrogens (tertiary/aromatic N) is 3. The van der Waals surface area contributed by atoms with E-state index in [0.717, 1.165) is 0 Å². The van der Waals surface area contributed by atoms with Gasteiger partial charge in [0.1, 0.15) is 6.54 Å². The van der Waals surface area contributed by atoms with Gasteiger partial charge in [-0.15, -0.1) is 0 Å². The Morgan fingerprint density at radius 1 is 1.39 bits per heavy atom. The summed E-state index contributed by atoms with van der Waals surface area (Å²) in [6.07, 6.45) is 1.25. The van der Waals surface area contributed by atoms with Crippen molar-refractivity contribution in [2.75, 3.05) is 13.6 Å². The average molecular weight is 245 g/mol. The van der Waals surface area contributed by atoms with Gasteiger partial charge in [0.2, 0.25) is 11.3 Å². The van der Waals surface area contributed by atoms with Gasteiger partial charge in [0.05, 0.1) is 11.7 Å². The molecule has 0 atom stereocenters. The minimum absolute atomic E-state index is 0.0289. The number of hydrogen-bond donors (Lipinski definition) is 0. The quantitative estimate of drug-likeness (QED) is 0.806. The van der Waals surface area contributed by atoms with Crippen LogP contribution in [-0.2, 0) is 11.3 Å². The summed E-state index contributed by atoms with van der Waals surface area (Å²) in [6, 6.07) is 7.16. The second-order valence-electron chi connectivity index (χ2n) is 4.09. The first-order valence-corrected chi connectivity index (χ1v) is 5.82. The number of amides is 1. The van der Waals surface area contributed by atoms with E-state index in [2.05, 4.69) is 5.10 Å². The second-order valence-corrected chi connectivity index (χ2v) is 4.09. The molecule has 1 amide bonds. The van der Waals surface area contributed by atoms with Gasteiger partial charge in [0, 0.05) is 19.0 Å². The van der Waals surface area contributed by atoms with Gasteiger partial charge in [-0.25, -0.2) is 0 Å². The minimum Gasteiger partial charge on any atom is -0.344 e. The molecule has 5 heteroatoms. The average Bonchev–Trinajstić information content (AvgIpc) is 2.41. The van der Waals surface area contributed by atoms with E-state index >= 15 is 0 Å². The Morgan fingerprint density at radius 3 is 2.83 bits per heavy atom. The Labute approximate surface area is 105 Å². The summed E-state index contributed by atoms with van der Waals surface area (Å²) >= 11 is 0. The summed E-state index contributed by atoms with van der Waals surface area (Å²) in [5, 5.41) is 4.60. The van der Waals surface area contributed by atoms with Crippen LogP contribution in [0.2, 0.25) is 0 Å². The number of carbonyl (C=O) groups excluding carboxylic acids is 1. The Morgan fingerprint density at radius 2 is 2.11 bits per heavy atom. The number of likely N-dealkylation sites (N-methyl/N-ethyl adjacent to an activating group) is 1. The van der Waals surface area contributed by atoms with Crippen LogP contribution in [0.4, 0.5) is 0 Å². The van der Waals surface area contributed by atoms with E-state index in [9.17, 15) is 9.59 Å². The highest BCUT2D eigenvalue weighted by Gasteiger charge is 2.10. The number of para-hydroxylation sites is 1. The molecule has 0 saturated heterocycles. The third-order valence-electron chi connectivity index (χ3n) is 2.95. The smallest absolute Gasteiger partial charge is 0.244 e. The van der Waals surface area contributed by atoms with E-state index in [0.29, 0.717) is 17.4 Å². The molecule has 2 rings (SSSR count). The second kappa shape index (κ2) is 5.00. The van der Waals surface area contributed by atoms with E-state index in [4.69, 9.17) is 0 Å². The summed E-state index contributed by atoms with van der Waals surface area (Å²) in [4.78, 5) is 25.1. The molecule has 2 aromatic rings. The fourth-order valence-corrected chi connectivity index (χ4v) is 1.71. The van der Waals surface area contributed by atoms with Crippen LogP contribution in [0, 0.1) is 0 Å². The van der Waals surface area contributed by atoms with Gasteiger partial charge in [0.25, 0.3) is 0 Å². The molecule has 0 aliphatic rings.